The maximum Gasteiger partial charge on any atom is 0.334 e. The van der Waals surface area contributed by atoms with Gasteiger partial charge in [-0.2, -0.15) is 0 Å². The van der Waals surface area contributed by atoms with Crippen molar-refractivity contribution in [2.75, 3.05) is 6.61 Å². The molecule has 0 atom stereocenters. The smallest absolute Gasteiger partial charge is 0.334 e. The third-order valence-corrected chi connectivity index (χ3v) is 4.35. The van der Waals surface area contributed by atoms with Crippen molar-refractivity contribution in [3.63, 3.8) is 0 Å². The zero-order valence-electron chi connectivity index (χ0n) is 14.2. The van der Waals surface area contributed by atoms with Crippen LogP contribution in [0.4, 0.5) is 0 Å². The second-order valence-corrected chi connectivity index (χ2v) is 5.92. The van der Waals surface area contributed by atoms with Crippen molar-refractivity contribution < 1.29 is 14.3 Å². The monoisotopic (exact) mass is 322 g/mol. The first-order chi connectivity index (χ1) is 11.7. The summed E-state index contributed by atoms with van der Waals surface area (Å²) in [5, 5.41) is 0. The third-order valence-electron chi connectivity index (χ3n) is 4.35. The van der Waals surface area contributed by atoms with Crippen molar-refractivity contribution in [1.29, 1.82) is 0 Å². The Hall–Kier alpha value is -2.55. The van der Waals surface area contributed by atoms with E-state index in [9.17, 15) is 4.79 Å². The molecule has 0 N–H and O–H groups in total. The highest BCUT2D eigenvalue weighted by Gasteiger charge is 2.22. The van der Waals surface area contributed by atoms with Crippen LogP contribution in [0.3, 0.4) is 0 Å². The zero-order valence-corrected chi connectivity index (χ0v) is 14.2. The van der Waals surface area contributed by atoms with Gasteiger partial charge in [-0.1, -0.05) is 36.4 Å². The highest BCUT2D eigenvalue weighted by atomic mass is 16.5. The lowest BCUT2D eigenvalue weighted by atomic mass is 9.86. The van der Waals surface area contributed by atoms with Gasteiger partial charge in [-0.05, 0) is 61.1 Å². The summed E-state index contributed by atoms with van der Waals surface area (Å²) >= 11 is 0. The van der Waals surface area contributed by atoms with E-state index >= 15 is 0 Å². The summed E-state index contributed by atoms with van der Waals surface area (Å²) in [6.07, 6.45) is 1.56. The molecular formula is C21H22O3. The lowest BCUT2D eigenvalue weighted by Gasteiger charge is -2.21. The van der Waals surface area contributed by atoms with E-state index in [1.54, 1.807) is 0 Å². The van der Waals surface area contributed by atoms with E-state index in [1.165, 1.54) is 5.56 Å². The summed E-state index contributed by atoms with van der Waals surface area (Å²) in [5.41, 5.74) is 5.31. The molecule has 0 bridgehead atoms. The number of allylic oxidation sites excluding steroid dienone is 1. The van der Waals surface area contributed by atoms with E-state index in [4.69, 9.17) is 9.47 Å². The molecule has 0 aromatic heterocycles. The minimum atomic E-state index is -0.190. The first-order valence-electron chi connectivity index (χ1n) is 8.36. The normalized spacial score (nSPS) is 13.4. The standard InChI is InChI=1S/C21H22O3/c1-3-23-21(22)20-11-9-17-13-18(10-12-19(17)15(20)2)24-14-16-7-5-4-6-8-16/h4-8,10,12-13H,3,9,11,14H2,1-2H3. The van der Waals surface area contributed by atoms with Crippen molar-refractivity contribution in [1.82, 2.24) is 0 Å². The van der Waals surface area contributed by atoms with Crippen molar-refractivity contribution in [2.45, 2.75) is 33.3 Å². The number of hydrogen-bond donors (Lipinski definition) is 0. The fourth-order valence-electron chi connectivity index (χ4n) is 3.06. The molecule has 2 aromatic rings. The van der Waals surface area contributed by atoms with E-state index in [0.29, 0.717) is 13.2 Å². The predicted molar refractivity (Wildman–Crippen MR) is 94.8 cm³/mol. The quantitative estimate of drug-likeness (QED) is 0.758. The van der Waals surface area contributed by atoms with Gasteiger partial charge in [0.2, 0.25) is 0 Å². The average Bonchev–Trinajstić information content (AvgIpc) is 2.61. The number of benzene rings is 2. The molecule has 1 aliphatic carbocycles. The van der Waals surface area contributed by atoms with Crippen LogP contribution in [0, 0.1) is 0 Å². The molecule has 0 fully saturated rings. The first kappa shape index (κ1) is 16.3. The molecule has 0 saturated carbocycles. The molecule has 124 valence electrons. The van der Waals surface area contributed by atoms with Gasteiger partial charge in [0, 0.05) is 5.57 Å². The molecule has 0 spiro atoms. The number of ether oxygens (including phenoxy) is 2. The molecule has 1 aliphatic rings. The highest BCUT2D eigenvalue weighted by Crippen LogP contribution is 2.34. The van der Waals surface area contributed by atoms with Gasteiger partial charge in [0.1, 0.15) is 12.4 Å². The van der Waals surface area contributed by atoms with Gasteiger partial charge in [-0.15, -0.1) is 0 Å². The molecule has 0 saturated heterocycles. The maximum atomic E-state index is 12.0. The largest absolute Gasteiger partial charge is 0.489 e. The Labute approximate surface area is 142 Å². The Morgan fingerprint density at radius 2 is 1.88 bits per heavy atom. The van der Waals surface area contributed by atoms with Gasteiger partial charge in [-0.3, -0.25) is 0 Å². The SMILES string of the molecule is CCOC(=O)C1=C(C)c2ccc(OCc3ccccc3)cc2CC1. The summed E-state index contributed by atoms with van der Waals surface area (Å²) in [4.78, 5) is 12.0. The second-order valence-electron chi connectivity index (χ2n) is 5.92. The van der Waals surface area contributed by atoms with Gasteiger partial charge in [-0.25, -0.2) is 4.79 Å². The Morgan fingerprint density at radius 1 is 1.08 bits per heavy atom. The molecule has 2 aromatic carbocycles. The number of carbonyl (C=O) groups excluding carboxylic acids is 1. The zero-order chi connectivity index (χ0) is 16.9. The van der Waals surface area contributed by atoms with Crippen LogP contribution < -0.4 is 4.74 Å². The van der Waals surface area contributed by atoms with Crippen LogP contribution in [0.15, 0.2) is 54.1 Å². The molecule has 0 unspecified atom stereocenters. The molecule has 0 radical (unpaired) electrons. The van der Waals surface area contributed by atoms with E-state index in [-0.39, 0.29) is 5.97 Å². The van der Waals surface area contributed by atoms with E-state index in [2.05, 4.69) is 18.2 Å². The Bertz CT molecular complexity index is 760. The van der Waals surface area contributed by atoms with Gasteiger partial charge >= 0.3 is 5.97 Å². The topological polar surface area (TPSA) is 35.5 Å². The minimum absolute atomic E-state index is 0.190. The highest BCUT2D eigenvalue weighted by molar-refractivity contribution is 5.98. The molecule has 0 aliphatic heterocycles. The number of hydrogen-bond acceptors (Lipinski definition) is 3. The Kier molecular flexibility index (Phi) is 4.99. The summed E-state index contributed by atoms with van der Waals surface area (Å²) in [5.74, 6) is 0.676. The van der Waals surface area contributed by atoms with Crippen LogP contribution in [0.5, 0.6) is 5.75 Å². The fraction of sp³-hybridized carbons (Fsp3) is 0.286. The van der Waals surface area contributed by atoms with Crippen LogP contribution in [0.1, 0.15) is 37.0 Å². The van der Waals surface area contributed by atoms with Crippen LogP contribution >= 0.6 is 0 Å². The van der Waals surface area contributed by atoms with Crippen molar-refractivity contribution in [2.24, 2.45) is 0 Å². The van der Waals surface area contributed by atoms with Gasteiger partial charge in [0.15, 0.2) is 0 Å². The second kappa shape index (κ2) is 7.35. The lowest BCUT2D eigenvalue weighted by Crippen LogP contribution is -2.14. The summed E-state index contributed by atoms with van der Waals surface area (Å²) < 4.78 is 11.1. The number of carbonyl (C=O) groups is 1. The summed E-state index contributed by atoms with van der Waals surface area (Å²) in [7, 11) is 0. The van der Waals surface area contributed by atoms with Crippen LogP contribution in [0.25, 0.3) is 5.57 Å². The van der Waals surface area contributed by atoms with E-state index in [0.717, 1.165) is 40.9 Å². The van der Waals surface area contributed by atoms with Crippen LogP contribution in [-0.2, 0) is 22.6 Å². The molecule has 3 rings (SSSR count). The molecule has 24 heavy (non-hydrogen) atoms. The first-order valence-corrected chi connectivity index (χ1v) is 8.36. The Morgan fingerprint density at radius 3 is 2.62 bits per heavy atom. The molecule has 0 amide bonds. The molecule has 0 heterocycles. The molecule has 3 nitrogen and oxygen atoms in total. The summed E-state index contributed by atoms with van der Waals surface area (Å²) in [6, 6.07) is 16.2. The number of rotatable bonds is 5. The molecule has 3 heteroatoms. The maximum absolute atomic E-state index is 12.0. The van der Waals surface area contributed by atoms with Gasteiger partial charge in [0.05, 0.1) is 6.61 Å². The van der Waals surface area contributed by atoms with Gasteiger partial charge < -0.3 is 9.47 Å². The van der Waals surface area contributed by atoms with Crippen LogP contribution in [0.2, 0.25) is 0 Å². The number of esters is 1. The van der Waals surface area contributed by atoms with Crippen molar-refractivity contribution in [3.05, 3.63) is 70.8 Å². The number of fused-ring (bicyclic) bond motifs is 1. The minimum Gasteiger partial charge on any atom is -0.489 e. The van der Waals surface area contributed by atoms with Crippen molar-refractivity contribution >= 4 is 11.5 Å². The summed E-state index contributed by atoms with van der Waals surface area (Å²) in [6.45, 7) is 4.80. The molecular weight excluding hydrogens is 300 g/mol. The number of aryl methyl sites for hydroxylation is 1. The third kappa shape index (κ3) is 3.51. The fourth-order valence-corrected chi connectivity index (χ4v) is 3.06. The lowest BCUT2D eigenvalue weighted by molar-refractivity contribution is -0.138. The van der Waals surface area contributed by atoms with E-state index < -0.39 is 0 Å². The van der Waals surface area contributed by atoms with Gasteiger partial charge in [0.25, 0.3) is 0 Å². The van der Waals surface area contributed by atoms with E-state index in [1.807, 2.05) is 44.2 Å². The Balaban J connectivity index is 1.77. The predicted octanol–water partition coefficient (Wildman–Crippen LogP) is 4.55. The van der Waals surface area contributed by atoms with Crippen molar-refractivity contribution in [3.8, 4) is 5.75 Å². The average molecular weight is 322 g/mol. The van der Waals surface area contributed by atoms with Crippen LogP contribution in [-0.4, -0.2) is 12.6 Å².